The lowest BCUT2D eigenvalue weighted by molar-refractivity contribution is -0.299. The molecule has 0 radical (unpaired) electrons. The Morgan fingerprint density at radius 2 is 1.41 bits per heavy atom. The highest BCUT2D eigenvalue weighted by Crippen LogP contribution is 2.30. The Morgan fingerprint density at radius 3 is 1.94 bits per heavy atom. The van der Waals surface area contributed by atoms with Crippen LogP contribution < -0.4 is 0 Å². The van der Waals surface area contributed by atoms with Crippen molar-refractivity contribution in [3.63, 3.8) is 0 Å². The summed E-state index contributed by atoms with van der Waals surface area (Å²) in [6, 6.07) is 3.01. The first-order valence-electron chi connectivity index (χ1n) is 9.50. The van der Waals surface area contributed by atoms with Gasteiger partial charge in [0.25, 0.3) is 0 Å². The van der Waals surface area contributed by atoms with E-state index in [1.165, 1.54) is 24.5 Å². The fraction of sp³-hybridized carbons (Fsp3) is 0.500. The van der Waals surface area contributed by atoms with Crippen LogP contribution >= 0.6 is 0 Å². The number of nitrogens with zero attached hydrogens (tertiary/aromatic N) is 1. The van der Waals surface area contributed by atoms with E-state index in [0.717, 1.165) is 27.7 Å². The molecule has 0 N–H and O–H groups in total. The Kier molecular flexibility index (Phi) is 8.64. The van der Waals surface area contributed by atoms with Crippen molar-refractivity contribution < 1.29 is 52.4 Å². The van der Waals surface area contributed by atoms with Crippen LogP contribution in [0.4, 0.5) is 0 Å². The zero-order valence-corrected chi connectivity index (χ0v) is 17.8. The van der Waals surface area contributed by atoms with Crippen LogP contribution in [0.3, 0.4) is 0 Å². The lowest BCUT2D eigenvalue weighted by Crippen LogP contribution is -2.63. The second kappa shape index (κ2) is 11.2. The Balaban J connectivity index is 2.34. The van der Waals surface area contributed by atoms with Crippen molar-refractivity contribution in [3.8, 4) is 0 Å². The van der Waals surface area contributed by atoms with Gasteiger partial charge in [-0.2, -0.15) is 0 Å². The lowest BCUT2D eigenvalue weighted by Gasteiger charge is -2.43. The molecule has 1 fully saturated rings. The molecule has 0 unspecified atom stereocenters. The molecule has 0 amide bonds. The van der Waals surface area contributed by atoms with Gasteiger partial charge < -0.3 is 28.4 Å². The highest BCUT2D eigenvalue weighted by atomic mass is 16.7. The van der Waals surface area contributed by atoms with Crippen LogP contribution in [0, 0.1) is 0 Å². The molecule has 5 atom stereocenters. The Hall–Kier alpha value is -3.54. The zero-order chi connectivity index (χ0) is 23.8. The van der Waals surface area contributed by atoms with E-state index in [1.54, 1.807) is 0 Å². The number of aromatic nitrogens is 1. The van der Waals surface area contributed by atoms with Crippen molar-refractivity contribution in [2.45, 2.75) is 58.4 Å². The molecular weight excluding hydrogens is 430 g/mol. The predicted octanol–water partition coefficient (Wildman–Crippen LogP) is 0.322. The number of esters is 5. The smallest absolute Gasteiger partial charge is 0.339 e. The Labute approximate surface area is 183 Å². The van der Waals surface area contributed by atoms with Crippen molar-refractivity contribution >= 4 is 29.8 Å². The van der Waals surface area contributed by atoms with Gasteiger partial charge >= 0.3 is 29.8 Å². The first-order chi connectivity index (χ1) is 15.1. The molecule has 0 bridgehead atoms. The molecule has 174 valence electrons. The molecule has 0 saturated carbocycles. The summed E-state index contributed by atoms with van der Waals surface area (Å²) in [5.41, 5.74) is 0.151. The largest absolute Gasteiger partial charge is 0.459 e. The highest BCUT2D eigenvalue weighted by Gasteiger charge is 2.53. The maximum Gasteiger partial charge on any atom is 0.339 e. The summed E-state index contributed by atoms with van der Waals surface area (Å²) in [7, 11) is 0. The molecule has 12 heteroatoms. The quantitative estimate of drug-likeness (QED) is 0.412. The maximum atomic E-state index is 12.3. The molecule has 1 saturated heterocycles. The molecule has 2 rings (SSSR count). The maximum absolute atomic E-state index is 12.3. The van der Waals surface area contributed by atoms with E-state index in [9.17, 15) is 24.0 Å². The normalized spacial score (nSPS) is 24.6. The number of ether oxygens (including phenoxy) is 6. The summed E-state index contributed by atoms with van der Waals surface area (Å²) in [4.78, 5) is 62.7. The van der Waals surface area contributed by atoms with Crippen molar-refractivity contribution in [2.75, 3.05) is 6.61 Å². The molecule has 1 aliphatic heterocycles. The number of pyridine rings is 1. The second-order valence-corrected chi connectivity index (χ2v) is 6.71. The number of carbonyl (C=O) groups is 5. The first kappa shape index (κ1) is 24.7. The predicted molar refractivity (Wildman–Crippen MR) is 102 cm³/mol. The van der Waals surface area contributed by atoms with E-state index < -0.39 is 67.2 Å². The average molecular weight is 453 g/mol. The summed E-state index contributed by atoms with van der Waals surface area (Å²) in [5, 5.41) is 0. The number of hydrogen-bond acceptors (Lipinski definition) is 12. The minimum absolute atomic E-state index is 0.151. The van der Waals surface area contributed by atoms with Gasteiger partial charge in [-0.3, -0.25) is 24.2 Å². The minimum atomic E-state index is -1.53. The molecule has 0 aliphatic carbocycles. The van der Waals surface area contributed by atoms with Gasteiger partial charge in [0, 0.05) is 40.1 Å². The SMILES string of the molecule is CC(=O)O[C@@H]1O[C@H](COC(=O)c2cccnc2)[C@@H](OC(C)=O)[C@H](OC(C)=O)[C@H]1OC(C)=O. The molecule has 1 aromatic heterocycles. The average Bonchev–Trinajstić information content (AvgIpc) is 2.70. The van der Waals surface area contributed by atoms with Crippen LogP contribution in [0.2, 0.25) is 0 Å². The third kappa shape index (κ3) is 7.01. The van der Waals surface area contributed by atoms with Crippen LogP contribution in [0.25, 0.3) is 0 Å². The Bertz CT molecular complexity index is 856. The third-order valence-corrected chi connectivity index (χ3v) is 4.06. The minimum Gasteiger partial charge on any atom is -0.459 e. The topological polar surface area (TPSA) is 154 Å². The first-order valence-corrected chi connectivity index (χ1v) is 9.50. The van der Waals surface area contributed by atoms with Gasteiger partial charge in [0.05, 0.1) is 5.56 Å². The van der Waals surface area contributed by atoms with Gasteiger partial charge in [-0.15, -0.1) is 0 Å². The van der Waals surface area contributed by atoms with Gasteiger partial charge in [0.2, 0.25) is 12.4 Å². The number of hydrogen-bond donors (Lipinski definition) is 0. The van der Waals surface area contributed by atoms with E-state index in [2.05, 4.69) is 4.98 Å². The van der Waals surface area contributed by atoms with E-state index in [0.29, 0.717) is 0 Å². The van der Waals surface area contributed by atoms with E-state index in [-0.39, 0.29) is 5.56 Å². The molecule has 1 aliphatic rings. The van der Waals surface area contributed by atoms with Crippen molar-refractivity contribution in [2.24, 2.45) is 0 Å². The third-order valence-electron chi connectivity index (χ3n) is 4.06. The molecule has 0 aromatic carbocycles. The number of rotatable bonds is 7. The van der Waals surface area contributed by atoms with Gasteiger partial charge in [0.1, 0.15) is 12.7 Å². The van der Waals surface area contributed by atoms with Crippen LogP contribution in [-0.4, -0.2) is 72.1 Å². The summed E-state index contributed by atoms with van der Waals surface area (Å²) in [6.45, 7) is 3.88. The summed E-state index contributed by atoms with van der Waals surface area (Å²) in [6.07, 6.45) is -4.23. The van der Waals surface area contributed by atoms with Crippen LogP contribution in [-0.2, 0) is 47.6 Å². The Morgan fingerprint density at radius 1 is 0.844 bits per heavy atom. The fourth-order valence-electron chi connectivity index (χ4n) is 2.97. The van der Waals surface area contributed by atoms with Gasteiger partial charge in [-0.25, -0.2) is 4.79 Å². The van der Waals surface area contributed by atoms with E-state index >= 15 is 0 Å². The molecule has 1 aromatic rings. The van der Waals surface area contributed by atoms with Crippen molar-refractivity contribution in [1.29, 1.82) is 0 Å². The highest BCUT2D eigenvalue weighted by molar-refractivity contribution is 5.88. The molecule has 12 nitrogen and oxygen atoms in total. The number of carbonyl (C=O) groups excluding carboxylic acids is 5. The standard InChI is InChI=1S/C20H23NO11/c1-10(22)28-16-15(9-27-19(26)14-6-5-7-21-8-14)32-20(31-13(4)25)18(30-12(3)24)17(16)29-11(2)23/h5-8,15-18,20H,9H2,1-4H3/t15-,16-,17+,18-,20-/m1/s1. The van der Waals surface area contributed by atoms with Crippen molar-refractivity contribution in [1.82, 2.24) is 4.98 Å². The van der Waals surface area contributed by atoms with Crippen LogP contribution in [0.5, 0.6) is 0 Å². The van der Waals surface area contributed by atoms with Crippen LogP contribution in [0.15, 0.2) is 24.5 Å². The molecule has 0 spiro atoms. The van der Waals surface area contributed by atoms with E-state index in [4.69, 9.17) is 28.4 Å². The lowest BCUT2D eigenvalue weighted by atomic mass is 9.98. The zero-order valence-electron chi connectivity index (χ0n) is 17.8. The van der Waals surface area contributed by atoms with Gasteiger partial charge in [-0.05, 0) is 12.1 Å². The summed E-state index contributed by atoms with van der Waals surface area (Å²) in [5.74, 6) is -3.90. The second-order valence-electron chi connectivity index (χ2n) is 6.71. The fourth-order valence-corrected chi connectivity index (χ4v) is 2.97. The molecular formula is C20H23NO11. The molecule has 32 heavy (non-hydrogen) atoms. The molecule has 2 heterocycles. The summed E-state index contributed by atoms with van der Waals surface area (Å²) >= 11 is 0. The van der Waals surface area contributed by atoms with Crippen LogP contribution in [0.1, 0.15) is 38.1 Å². The van der Waals surface area contributed by atoms with E-state index in [1.807, 2.05) is 0 Å². The monoisotopic (exact) mass is 453 g/mol. The summed E-state index contributed by atoms with van der Waals surface area (Å²) < 4.78 is 31.6. The van der Waals surface area contributed by atoms with Crippen molar-refractivity contribution in [3.05, 3.63) is 30.1 Å². The van der Waals surface area contributed by atoms with Gasteiger partial charge in [0.15, 0.2) is 12.2 Å². The van der Waals surface area contributed by atoms with Gasteiger partial charge in [-0.1, -0.05) is 0 Å².